The molecule has 0 fully saturated rings. The number of carbonyl (C=O) groups is 1. The van der Waals surface area contributed by atoms with E-state index in [1.54, 1.807) is 0 Å². The number of amides is 2. The largest absolute Gasteiger partial charge is 0.493 e. The van der Waals surface area contributed by atoms with Gasteiger partial charge in [-0.15, -0.1) is 0 Å². The van der Waals surface area contributed by atoms with Crippen LogP contribution in [-0.2, 0) is 0 Å². The minimum Gasteiger partial charge on any atom is -0.493 e. The molecule has 1 aromatic carbocycles. The van der Waals surface area contributed by atoms with E-state index in [-0.39, 0.29) is 17.0 Å². The summed E-state index contributed by atoms with van der Waals surface area (Å²) in [5.74, 6) is 0.952. The Kier molecular flexibility index (Phi) is 7.12. The van der Waals surface area contributed by atoms with E-state index < -0.39 is 0 Å². The van der Waals surface area contributed by atoms with Crippen LogP contribution < -0.4 is 15.4 Å². The first-order valence-electron chi connectivity index (χ1n) is 8.75. The van der Waals surface area contributed by atoms with E-state index in [4.69, 9.17) is 4.74 Å². The Bertz CT molecular complexity index is 525. The average Bonchev–Trinajstić information content (AvgIpc) is 2.37. The minimum atomic E-state index is -0.225. The Balaban J connectivity index is 2.29. The fraction of sp³-hybridized carbons (Fsp3) is 0.650. The minimum absolute atomic E-state index is 0.115. The van der Waals surface area contributed by atoms with Gasteiger partial charge in [0.15, 0.2) is 0 Å². The second-order valence-electron chi connectivity index (χ2n) is 8.43. The monoisotopic (exact) mass is 334 g/mol. The zero-order chi connectivity index (χ0) is 18.4. The van der Waals surface area contributed by atoms with E-state index in [1.165, 1.54) is 0 Å². The maximum Gasteiger partial charge on any atom is 0.315 e. The summed E-state index contributed by atoms with van der Waals surface area (Å²) in [5.41, 5.74) is 2.24. The third-order valence-corrected chi connectivity index (χ3v) is 3.69. The summed E-state index contributed by atoms with van der Waals surface area (Å²) in [6.45, 7) is 15.9. The molecule has 24 heavy (non-hydrogen) atoms. The van der Waals surface area contributed by atoms with Crippen molar-refractivity contribution in [2.24, 2.45) is 5.41 Å². The highest BCUT2D eigenvalue weighted by Gasteiger charge is 2.26. The van der Waals surface area contributed by atoms with Gasteiger partial charge in [0.1, 0.15) is 5.75 Å². The predicted octanol–water partition coefficient (Wildman–Crippen LogP) is 4.59. The van der Waals surface area contributed by atoms with Crippen LogP contribution in [0.3, 0.4) is 0 Å². The molecule has 2 N–H and O–H groups in total. The van der Waals surface area contributed by atoms with Crippen molar-refractivity contribution >= 4 is 6.03 Å². The molecule has 0 radical (unpaired) electrons. The van der Waals surface area contributed by atoms with Gasteiger partial charge in [0.05, 0.1) is 6.61 Å². The molecule has 0 aliphatic carbocycles. The summed E-state index contributed by atoms with van der Waals surface area (Å²) in [4.78, 5) is 12.0. The third-order valence-electron chi connectivity index (χ3n) is 3.69. The zero-order valence-electron chi connectivity index (χ0n) is 16.4. The van der Waals surface area contributed by atoms with Crippen LogP contribution in [0.5, 0.6) is 5.75 Å². The SMILES string of the molecule is Cc1cccc(C)c1OCCCNC(=O)NC(C)(C)CC(C)(C)C. The molecule has 0 spiro atoms. The molecule has 4 heteroatoms. The van der Waals surface area contributed by atoms with Crippen LogP contribution in [0.25, 0.3) is 0 Å². The van der Waals surface area contributed by atoms with Crippen molar-refractivity contribution in [3.63, 3.8) is 0 Å². The van der Waals surface area contributed by atoms with E-state index in [9.17, 15) is 4.79 Å². The molecule has 1 rings (SSSR count). The number of urea groups is 1. The van der Waals surface area contributed by atoms with Crippen molar-refractivity contribution in [2.45, 2.75) is 66.8 Å². The molecule has 2 amide bonds. The maximum absolute atomic E-state index is 12.0. The van der Waals surface area contributed by atoms with Crippen molar-refractivity contribution in [1.29, 1.82) is 0 Å². The lowest BCUT2D eigenvalue weighted by Crippen LogP contribution is -2.50. The van der Waals surface area contributed by atoms with E-state index in [1.807, 2.05) is 32.0 Å². The average molecular weight is 335 g/mol. The van der Waals surface area contributed by atoms with Gasteiger partial charge in [-0.3, -0.25) is 0 Å². The van der Waals surface area contributed by atoms with Crippen molar-refractivity contribution in [2.75, 3.05) is 13.2 Å². The Hall–Kier alpha value is -1.71. The lowest BCUT2D eigenvalue weighted by atomic mass is 9.82. The molecular formula is C20H34N2O2. The van der Waals surface area contributed by atoms with Crippen LogP contribution in [0.2, 0.25) is 0 Å². The molecule has 0 heterocycles. The highest BCUT2D eigenvalue weighted by atomic mass is 16.5. The highest BCUT2D eigenvalue weighted by molar-refractivity contribution is 5.74. The molecule has 0 saturated carbocycles. The van der Waals surface area contributed by atoms with Crippen LogP contribution in [0, 0.1) is 19.3 Å². The number of para-hydroxylation sites is 1. The lowest BCUT2D eigenvalue weighted by Gasteiger charge is -2.33. The molecule has 0 atom stereocenters. The Labute approximate surface area is 147 Å². The van der Waals surface area contributed by atoms with E-state index in [2.05, 4.69) is 45.3 Å². The van der Waals surface area contributed by atoms with Crippen molar-refractivity contribution in [3.8, 4) is 5.75 Å². The molecular weight excluding hydrogens is 300 g/mol. The molecule has 0 aromatic heterocycles. The number of hydrogen-bond donors (Lipinski definition) is 2. The van der Waals surface area contributed by atoms with Crippen LogP contribution in [0.15, 0.2) is 18.2 Å². The van der Waals surface area contributed by atoms with Gasteiger partial charge in [0.25, 0.3) is 0 Å². The lowest BCUT2D eigenvalue weighted by molar-refractivity contribution is 0.209. The smallest absolute Gasteiger partial charge is 0.315 e. The molecule has 4 nitrogen and oxygen atoms in total. The second-order valence-corrected chi connectivity index (χ2v) is 8.43. The van der Waals surface area contributed by atoms with Gasteiger partial charge in [-0.05, 0) is 57.1 Å². The van der Waals surface area contributed by atoms with Crippen LogP contribution in [0.4, 0.5) is 4.79 Å². The van der Waals surface area contributed by atoms with E-state index in [0.29, 0.717) is 13.2 Å². The standard InChI is InChI=1S/C20H34N2O2/c1-15-10-8-11-16(2)17(15)24-13-9-12-21-18(23)22-20(6,7)14-19(3,4)5/h8,10-11H,9,12-14H2,1-7H3,(H2,21,22,23). The fourth-order valence-corrected chi connectivity index (χ4v) is 3.20. The maximum atomic E-state index is 12.0. The molecule has 0 unspecified atom stereocenters. The molecule has 0 saturated heterocycles. The molecule has 1 aromatic rings. The number of ether oxygens (including phenoxy) is 1. The highest BCUT2D eigenvalue weighted by Crippen LogP contribution is 2.26. The zero-order valence-corrected chi connectivity index (χ0v) is 16.4. The summed E-state index contributed by atoms with van der Waals surface area (Å²) in [7, 11) is 0. The predicted molar refractivity (Wildman–Crippen MR) is 101 cm³/mol. The van der Waals surface area contributed by atoms with Crippen molar-refractivity contribution in [3.05, 3.63) is 29.3 Å². The number of benzene rings is 1. The van der Waals surface area contributed by atoms with E-state index in [0.717, 1.165) is 29.7 Å². The van der Waals surface area contributed by atoms with Crippen LogP contribution in [0.1, 0.15) is 58.6 Å². The number of hydrogen-bond acceptors (Lipinski definition) is 2. The number of aryl methyl sites for hydroxylation is 2. The van der Waals surface area contributed by atoms with Gasteiger partial charge in [0, 0.05) is 12.1 Å². The van der Waals surface area contributed by atoms with Gasteiger partial charge < -0.3 is 15.4 Å². The normalized spacial score (nSPS) is 12.0. The number of carbonyl (C=O) groups excluding carboxylic acids is 1. The van der Waals surface area contributed by atoms with Crippen LogP contribution >= 0.6 is 0 Å². The summed E-state index contributed by atoms with van der Waals surface area (Å²) in [6, 6.07) is 6.01. The third kappa shape index (κ3) is 7.71. The molecule has 0 aliphatic rings. The molecule has 0 aliphatic heterocycles. The van der Waals surface area contributed by atoms with Gasteiger partial charge in [-0.1, -0.05) is 39.0 Å². The number of nitrogens with one attached hydrogen (secondary N) is 2. The first-order valence-corrected chi connectivity index (χ1v) is 8.75. The second kappa shape index (κ2) is 8.41. The fourth-order valence-electron chi connectivity index (χ4n) is 3.20. The van der Waals surface area contributed by atoms with Crippen LogP contribution in [-0.4, -0.2) is 24.7 Å². The Morgan fingerprint density at radius 3 is 2.21 bits per heavy atom. The quantitative estimate of drug-likeness (QED) is 0.717. The first-order chi connectivity index (χ1) is 11.0. The van der Waals surface area contributed by atoms with Gasteiger partial charge in [-0.2, -0.15) is 0 Å². The summed E-state index contributed by atoms with van der Waals surface area (Å²) in [5, 5.41) is 5.96. The summed E-state index contributed by atoms with van der Waals surface area (Å²) < 4.78 is 5.84. The molecule has 136 valence electrons. The van der Waals surface area contributed by atoms with Crippen molar-refractivity contribution < 1.29 is 9.53 Å². The summed E-state index contributed by atoms with van der Waals surface area (Å²) >= 11 is 0. The van der Waals surface area contributed by atoms with Gasteiger partial charge in [-0.25, -0.2) is 4.79 Å². The Morgan fingerprint density at radius 1 is 1.08 bits per heavy atom. The topological polar surface area (TPSA) is 50.4 Å². The van der Waals surface area contributed by atoms with Crippen molar-refractivity contribution in [1.82, 2.24) is 10.6 Å². The van der Waals surface area contributed by atoms with E-state index >= 15 is 0 Å². The first kappa shape index (κ1) is 20.3. The van der Waals surface area contributed by atoms with Gasteiger partial charge in [0.2, 0.25) is 0 Å². The Morgan fingerprint density at radius 2 is 1.67 bits per heavy atom. The van der Waals surface area contributed by atoms with Gasteiger partial charge >= 0.3 is 6.03 Å². The molecule has 0 bridgehead atoms. The number of rotatable bonds is 7. The summed E-state index contributed by atoms with van der Waals surface area (Å²) in [6.07, 6.45) is 1.70.